The zero-order valence-electron chi connectivity index (χ0n) is 9.75. The van der Waals surface area contributed by atoms with E-state index in [1.165, 1.54) is 0 Å². The SMILES string of the molecule is CCN=C(N)NC(=S)Nc1c(C)cccc1Cl. The van der Waals surface area contributed by atoms with E-state index in [-0.39, 0.29) is 5.96 Å². The molecule has 0 bridgehead atoms. The molecule has 0 atom stereocenters. The van der Waals surface area contributed by atoms with Gasteiger partial charge in [0.1, 0.15) is 0 Å². The number of anilines is 1. The number of benzene rings is 1. The number of rotatable bonds is 2. The molecule has 4 N–H and O–H groups in total. The van der Waals surface area contributed by atoms with E-state index in [9.17, 15) is 0 Å². The van der Waals surface area contributed by atoms with E-state index >= 15 is 0 Å². The minimum absolute atomic E-state index is 0.287. The minimum atomic E-state index is 0.287. The second kappa shape index (κ2) is 6.42. The average molecular weight is 271 g/mol. The second-order valence-electron chi connectivity index (χ2n) is 3.37. The van der Waals surface area contributed by atoms with Crippen LogP contribution in [0, 0.1) is 6.92 Å². The van der Waals surface area contributed by atoms with Gasteiger partial charge in [0.25, 0.3) is 0 Å². The monoisotopic (exact) mass is 270 g/mol. The van der Waals surface area contributed by atoms with Crippen LogP contribution < -0.4 is 16.4 Å². The Morgan fingerprint density at radius 1 is 1.53 bits per heavy atom. The molecule has 0 saturated heterocycles. The third-order valence-corrected chi connectivity index (χ3v) is 2.55. The second-order valence-corrected chi connectivity index (χ2v) is 4.19. The number of guanidine groups is 1. The molecule has 92 valence electrons. The van der Waals surface area contributed by atoms with Gasteiger partial charge in [0.15, 0.2) is 11.1 Å². The summed E-state index contributed by atoms with van der Waals surface area (Å²) >= 11 is 11.2. The molecule has 1 aromatic rings. The highest BCUT2D eigenvalue weighted by Crippen LogP contribution is 2.24. The number of nitrogens with zero attached hydrogens (tertiary/aromatic N) is 1. The van der Waals surface area contributed by atoms with Gasteiger partial charge in [0.2, 0.25) is 0 Å². The van der Waals surface area contributed by atoms with Crippen molar-refractivity contribution in [3.8, 4) is 0 Å². The van der Waals surface area contributed by atoms with Crippen LogP contribution >= 0.6 is 23.8 Å². The van der Waals surface area contributed by atoms with Crippen LogP contribution in [0.3, 0.4) is 0 Å². The van der Waals surface area contributed by atoms with E-state index in [2.05, 4.69) is 15.6 Å². The smallest absolute Gasteiger partial charge is 0.194 e. The zero-order chi connectivity index (χ0) is 12.8. The van der Waals surface area contributed by atoms with E-state index in [1.54, 1.807) is 6.07 Å². The van der Waals surface area contributed by atoms with E-state index in [0.29, 0.717) is 16.7 Å². The van der Waals surface area contributed by atoms with Gasteiger partial charge >= 0.3 is 0 Å². The number of thiocarbonyl (C=S) groups is 1. The number of aryl methyl sites for hydroxylation is 1. The lowest BCUT2D eigenvalue weighted by atomic mass is 10.2. The lowest BCUT2D eigenvalue weighted by Crippen LogP contribution is -2.39. The van der Waals surface area contributed by atoms with Crippen molar-refractivity contribution in [1.29, 1.82) is 0 Å². The molecule has 0 radical (unpaired) electrons. The summed E-state index contributed by atoms with van der Waals surface area (Å²) in [5, 5.41) is 6.75. The molecule has 1 aromatic carbocycles. The van der Waals surface area contributed by atoms with Crippen LogP contribution in [-0.2, 0) is 0 Å². The summed E-state index contributed by atoms with van der Waals surface area (Å²) in [5.41, 5.74) is 7.37. The van der Waals surface area contributed by atoms with Gasteiger partial charge < -0.3 is 16.4 Å². The zero-order valence-corrected chi connectivity index (χ0v) is 11.3. The van der Waals surface area contributed by atoms with Crippen LogP contribution in [0.15, 0.2) is 23.2 Å². The van der Waals surface area contributed by atoms with Crippen molar-refractivity contribution < 1.29 is 0 Å². The first-order chi connectivity index (χ1) is 8.04. The first-order valence-electron chi connectivity index (χ1n) is 5.17. The highest BCUT2D eigenvalue weighted by Gasteiger charge is 2.05. The summed E-state index contributed by atoms with van der Waals surface area (Å²) in [6.07, 6.45) is 0. The van der Waals surface area contributed by atoms with Crippen LogP contribution in [-0.4, -0.2) is 17.6 Å². The quantitative estimate of drug-likeness (QED) is 0.438. The van der Waals surface area contributed by atoms with Gasteiger partial charge in [-0.15, -0.1) is 0 Å². The van der Waals surface area contributed by atoms with Crippen molar-refractivity contribution in [1.82, 2.24) is 5.32 Å². The number of hydrogen-bond acceptors (Lipinski definition) is 2. The Morgan fingerprint density at radius 3 is 2.82 bits per heavy atom. The third kappa shape index (κ3) is 4.20. The van der Waals surface area contributed by atoms with E-state index in [0.717, 1.165) is 11.3 Å². The Labute approximate surface area is 111 Å². The summed E-state index contributed by atoms with van der Waals surface area (Å²) < 4.78 is 0. The molecule has 0 unspecified atom stereocenters. The van der Waals surface area contributed by atoms with E-state index in [4.69, 9.17) is 29.6 Å². The molecule has 0 heterocycles. The van der Waals surface area contributed by atoms with Gasteiger partial charge in [-0.05, 0) is 37.7 Å². The molecule has 4 nitrogen and oxygen atoms in total. The molecule has 17 heavy (non-hydrogen) atoms. The molecule has 0 fully saturated rings. The lowest BCUT2D eigenvalue weighted by Gasteiger charge is -2.13. The molecule has 0 aliphatic rings. The number of nitrogens with two attached hydrogens (primary N) is 1. The largest absolute Gasteiger partial charge is 0.370 e. The fraction of sp³-hybridized carbons (Fsp3) is 0.273. The molecule has 0 saturated carbocycles. The predicted octanol–water partition coefficient (Wildman–Crippen LogP) is 2.27. The summed E-state index contributed by atoms with van der Waals surface area (Å²) in [4.78, 5) is 3.97. The Bertz CT molecular complexity index is 425. The van der Waals surface area contributed by atoms with Crippen LogP contribution in [0.1, 0.15) is 12.5 Å². The highest BCUT2D eigenvalue weighted by atomic mass is 35.5. The maximum absolute atomic E-state index is 6.06. The van der Waals surface area contributed by atoms with Crippen LogP contribution in [0.4, 0.5) is 5.69 Å². The molecule has 1 rings (SSSR count). The predicted molar refractivity (Wildman–Crippen MR) is 77.7 cm³/mol. The Kier molecular flexibility index (Phi) is 5.18. The number of hydrogen-bond donors (Lipinski definition) is 3. The molecule has 0 aliphatic heterocycles. The van der Waals surface area contributed by atoms with Crippen LogP contribution in [0.2, 0.25) is 5.02 Å². The number of halogens is 1. The normalized spacial score (nSPS) is 11.1. The van der Waals surface area contributed by atoms with E-state index < -0.39 is 0 Å². The summed E-state index contributed by atoms with van der Waals surface area (Å²) in [6.45, 7) is 4.44. The molecule has 6 heteroatoms. The fourth-order valence-corrected chi connectivity index (χ4v) is 1.74. The molecular formula is C11H15ClN4S. The van der Waals surface area contributed by atoms with E-state index in [1.807, 2.05) is 26.0 Å². The molecule has 0 spiro atoms. The Morgan fingerprint density at radius 2 is 2.24 bits per heavy atom. The maximum Gasteiger partial charge on any atom is 0.194 e. The summed E-state index contributed by atoms with van der Waals surface area (Å²) in [5.74, 6) is 0.287. The van der Waals surface area contributed by atoms with Crippen molar-refractivity contribution >= 4 is 40.6 Å². The van der Waals surface area contributed by atoms with Gasteiger partial charge in [-0.25, -0.2) is 0 Å². The van der Waals surface area contributed by atoms with Crippen molar-refractivity contribution in [2.45, 2.75) is 13.8 Å². The maximum atomic E-state index is 6.06. The van der Waals surface area contributed by atoms with Crippen molar-refractivity contribution in [3.63, 3.8) is 0 Å². The van der Waals surface area contributed by atoms with Gasteiger partial charge in [-0.2, -0.15) is 0 Å². The van der Waals surface area contributed by atoms with Crippen LogP contribution in [0.25, 0.3) is 0 Å². The summed E-state index contributed by atoms with van der Waals surface area (Å²) in [6, 6.07) is 5.62. The van der Waals surface area contributed by atoms with Gasteiger partial charge in [0.05, 0.1) is 10.7 Å². The first kappa shape index (κ1) is 13.7. The third-order valence-electron chi connectivity index (χ3n) is 2.03. The lowest BCUT2D eigenvalue weighted by molar-refractivity contribution is 1.09. The summed E-state index contributed by atoms with van der Waals surface area (Å²) in [7, 11) is 0. The van der Waals surface area contributed by atoms with Gasteiger partial charge in [-0.1, -0.05) is 23.7 Å². The molecular weight excluding hydrogens is 256 g/mol. The first-order valence-corrected chi connectivity index (χ1v) is 5.96. The van der Waals surface area contributed by atoms with Crippen molar-refractivity contribution in [2.24, 2.45) is 10.7 Å². The Balaban J connectivity index is 2.72. The standard InChI is InChI=1S/C11H15ClN4S/c1-3-14-10(13)16-11(17)15-9-7(2)5-4-6-8(9)12/h4-6H,3H2,1-2H3,(H4,13,14,15,16,17). The highest BCUT2D eigenvalue weighted by molar-refractivity contribution is 7.80. The minimum Gasteiger partial charge on any atom is -0.370 e. The fourth-order valence-electron chi connectivity index (χ4n) is 1.26. The van der Waals surface area contributed by atoms with Crippen LogP contribution in [0.5, 0.6) is 0 Å². The average Bonchev–Trinajstić information content (AvgIpc) is 2.24. The topological polar surface area (TPSA) is 62.4 Å². The van der Waals surface area contributed by atoms with Crippen molar-refractivity contribution in [3.05, 3.63) is 28.8 Å². The molecule has 0 aliphatic carbocycles. The Hall–Kier alpha value is -1.33. The molecule has 0 amide bonds. The number of para-hydroxylation sites is 1. The van der Waals surface area contributed by atoms with Gasteiger partial charge in [0, 0.05) is 6.54 Å². The van der Waals surface area contributed by atoms with Gasteiger partial charge in [-0.3, -0.25) is 4.99 Å². The number of nitrogens with one attached hydrogen (secondary N) is 2. The van der Waals surface area contributed by atoms with Crippen molar-refractivity contribution in [2.75, 3.05) is 11.9 Å². The number of aliphatic imine (C=N–C) groups is 1. The molecule has 0 aromatic heterocycles.